The highest BCUT2D eigenvalue weighted by atomic mass is 16.4. The van der Waals surface area contributed by atoms with E-state index in [0.29, 0.717) is 5.69 Å². The van der Waals surface area contributed by atoms with Crippen LogP contribution in [-0.4, -0.2) is 39.5 Å². The molecule has 0 unspecified atom stereocenters. The van der Waals surface area contributed by atoms with Crippen molar-refractivity contribution in [3.8, 4) is 5.75 Å². The molecule has 0 bridgehead atoms. The molecule has 98 valence electrons. The minimum atomic E-state index is -1.64. The fraction of sp³-hybridized carbons (Fsp3) is 0.273. The number of hydrogen-bond donors (Lipinski definition) is 5. The summed E-state index contributed by atoms with van der Waals surface area (Å²) in [5, 5.41) is 31.1. The first-order valence-electron chi connectivity index (χ1n) is 5.10. The van der Waals surface area contributed by atoms with Crippen LogP contribution in [-0.2, 0) is 4.79 Å². The predicted octanol–water partition coefficient (Wildman–Crippen LogP) is 0.349. The second kappa shape index (κ2) is 5.37. The van der Waals surface area contributed by atoms with Crippen molar-refractivity contribution in [2.24, 2.45) is 0 Å². The van der Waals surface area contributed by atoms with E-state index in [0.717, 1.165) is 0 Å². The first-order valence-corrected chi connectivity index (χ1v) is 5.10. The third-order valence-corrected chi connectivity index (χ3v) is 2.33. The minimum Gasteiger partial charge on any atom is -0.508 e. The summed E-state index contributed by atoms with van der Waals surface area (Å²) in [5.41, 5.74) is -1.26. The van der Waals surface area contributed by atoms with Crippen molar-refractivity contribution < 1.29 is 24.9 Å². The van der Waals surface area contributed by atoms with Gasteiger partial charge in [0.1, 0.15) is 11.3 Å². The van der Waals surface area contributed by atoms with Crippen molar-refractivity contribution >= 4 is 17.7 Å². The van der Waals surface area contributed by atoms with Crippen LogP contribution in [0.1, 0.15) is 6.92 Å². The van der Waals surface area contributed by atoms with Crippen LogP contribution < -0.4 is 10.6 Å². The third-order valence-electron chi connectivity index (χ3n) is 2.33. The molecule has 2 amide bonds. The van der Waals surface area contributed by atoms with Crippen LogP contribution in [0.25, 0.3) is 0 Å². The molecule has 0 aliphatic carbocycles. The van der Waals surface area contributed by atoms with Gasteiger partial charge < -0.3 is 26.0 Å². The van der Waals surface area contributed by atoms with Crippen molar-refractivity contribution in [1.82, 2.24) is 5.32 Å². The van der Waals surface area contributed by atoms with Gasteiger partial charge >= 0.3 is 6.09 Å². The zero-order valence-electron chi connectivity index (χ0n) is 9.67. The number of carbonyl (C=O) groups excluding carboxylic acids is 1. The third kappa shape index (κ3) is 3.36. The molecule has 0 aliphatic heterocycles. The maximum absolute atomic E-state index is 11.8. The zero-order valence-corrected chi connectivity index (χ0v) is 9.67. The monoisotopic (exact) mass is 254 g/mol. The number of aromatic hydroxyl groups is 1. The van der Waals surface area contributed by atoms with Crippen LogP contribution in [0.5, 0.6) is 5.75 Å². The van der Waals surface area contributed by atoms with Gasteiger partial charge in [0.2, 0.25) is 0 Å². The standard InChI is InChI=1S/C11H14N2O5/c1-11(6-14,13-10(17)18)9(16)12-7-2-4-8(15)5-3-7/h2-5,13-15H,6H2,1H3,(H,12,16)(H,17,18)/t11-/m0/s1. The Morgan fingerprint density at radius 1 is 1.28 bits per heavy atom. The number of anilines is 1. The van der Waals surface area contributed by atoms with Crippen molar-refractivity contribution in [1.29, 1.82) is 0 Å². The Labute approximate surface area is 103 Å². The molecule has 0 fully saturated rings. The lowest BCUT2D eigenvalue weighted by molar-refractivity contribution is -0.123. The number of carbonyl (C=O) groups is 2. The smallest absolute Gasteiger partial charge is 0.405 e. The van der Waals surface area contributed by atoms with E-state index in [-0.39, 0.29) is 5.75 Å². The maximum Gasteiger partial charge on any atom is 0.405 e. The average Bonchev–Trinajstić information content (AvgIpc) is 2.31. The Morgan fingerprint density at radius 3 is 2.28 bits per heavy atom. The van der Waals surface area contributed by atoms with Gasteiger partial charge in [0, 0.05) is 5.69 Å². The molecule has 0 heterocycles. The number of nitrogens with one attached hydrogen (secondary N) is 2. The van der Waals surface area contributed by atoms with Crippen LogP contribution in [0.15, 0.2) is 24.3 Å². The van der Waals surface area contributed by atoms with Crippen molar-refractivity contribution in [2.45, 2.75) is 12.5 Å². The van der Waals surface area contributed by atoms with E-state index in [9.17, 15) is 9.59 Å². The molecule has 0 saturated heterocycles. The predicted molar refractivity (Wildman–Crippen MR) is 63.4 cm³/mol. The number of hydrogen-bond acceptors (Lipinski definition) is 4. The number of amides is 2. The molecule has 0 spiro atoms. The van der Waals surface area contributed by atoms with E-state index in [2.05, 4.69) is 5.32 Å². The molecule has 1 atom stereocenters. The lowest BCUT2D eigenvalue weighted by Crippen LogP contribution is -2.56. The first kappa shape index (κ1) is 13.8. The molecule has 0 aliphatic rings. The summed E-state index contributed by atoms with van der Waals surface area (Å²) in [5.74, 6) is -0.653. The highest BCUT2D eigenvalue weighted by Crippen LogP contribution is 2.15. The highest BCUT2D eigenvalue weighted by Gasteiger charge is 2.34. The summed E-state index contributed by atoms with van der Waals surface area (Å²) in [6, 6.07) is 5.64. The fourth-order valence-corrected chi connectivity index (χ4v) is 1.22. The fourth-order valence-electron chi connectivity index (χ4n) is 1.22. The van der Waals surface area contributed by atoms with Gasteiger partial charge in [0.25, 0.3) is 5.91 Å². The summed E-state index contributed by atoms with van der Waals surface area (Å²) in [6.07, 6.45) is -1.41. The summed E-state index contributed by atoms with van der Waals surface area (Å²) in [7, 11) is 0. The molecule has 1 aromatic rings. The van der Waals surface area contributed by atoms with Crippen molar-refractivity contribution in [3.63, 3.8) is 0 Å². The quantitative estimate of drug-likeness (QED) is 0.497. The summed E-state index contributed by atoms with van der Waals surface area (Å²) in [4.78, 5) is 22.4. The van der Waals surface area contributed by atoms with E-state index in [4.69, 9.17) is 15.3 Å². The second-order valence-corrected chi connectivity index (χ2v) is 3.92. The van der Waals surface area contributed by atoms with Crippen LogP contribution in [0, 0.1) is 0 Å². The van der Waals surface area contributed by atoms with Gasteiger partial charge in [-0.1, -0.05) is 0 Å². The number of rotatable bonds is 4. The van der Waals surface area contributed by atoms with Crippen LogP contribution in [0.4, 0.5) is 10.5 Å². The Hall–Kier alpha value is -2.28. The average molecular weight is 254 g/mol. The molecule has 5 N–H and O–H groups in total. The van der Waals surface area contributed by atoms with Crippen molar-refractivity contribution in [3.05, 3.63) is 24.3 Å². The molecule has 1 aromatic carbocycles. The number of aliphatic hydroxyl groups is 1. The molecular formula is C11H14N2O5. The Kier molecular flexibility index (Phi) is 4.11. The first-order chi connectivity index (χ1) is 8.37. The Bertz CT molecular complexity index is 445. The number of aliphatic hydroxyl groups excluding tert-OH is 1. The van der Waals surface area contributed by atoms with Crippen LogP contribution in [0.2, 0.25) is 0 Å². The van der Waals surface area contributed by atoms with Crippen molar-refractivity contribution in [2.75, 3.05) is 11.9 Å². The number of phenols is 1. The lowest BCUT2D eigenvalue weighted by atomic mass is 10.0. The number of benzene rings is 1. The van der Waals surface area contributed by atoms with Crippen LogP contribution in [0.3, 0.4) is 0 Å². The van der Waals surface area contributed by atoms with Gasteiger partial charge in [-0.2, -0.15) is 0 Å². The molecule has 1 rings (SSSR count). The van der Waals surface area contributed by atoms with Gasteiger partial charge in [0.05, 0.1) is 6.61 Å². The highest BCUT2D eigenvalue weighted by molar-refractivity contribution is 5.99. The summed E-state index contributed by atoms with van der Waals surface area (Å²) >= 11 is 0. The second-order valence-electron chi connectivity index (χ2n) is 3.92. The van der Waals surface area contributed by atoms with Crippen LogP contribution >= 0.6 is 0 Å². The largest absolute Gasteiger partial charge is 0.508 e. The lowest BCUT2D eigenvalue weighted by Gasteiger charge is -2.25. The molecule has 0 radical (unpaired) electrons. The topological polar surface area (TPSA) is 119 Å². The molecule has 7 heteroatoms. The molecular weight excluding hydrogens is 240 g/mol. The number of phenolic OH excluding ortho intramolecular Hbond substituents is 1. The van der Waals surface area contributed by atoms with Gasteiger partial charge in [-0.3, -0.25) is 4.79 Å². The summed E-state index contributed by atoms with van der Waals surface area (Å²) < 4.78 is 0. The van der Waals surface area contributed by atoms with Gasteiger partial charge in [-0.15, -0.1) is 0 Å². The maximum atomic E-state index is 11.8. The SMILES string of the molecule is C[C@@](CO)(NC(=O)O)C(=O)Nc1ccc(O)cc1. The van der Waals surface area contributed by atoms with Gasteiger partial charge in [-0.05, 0) is 31.2 Å². The van der Waals surface area contributed by atoms with Gasteiger partial charge in [0.15, 0.2) is 0 Å². The molecule has 0 saturated carbocycles. The molecule has 7 nitrogen and oxygen atoms in total. The molecule has 0 aromatic heterocycles. The van der Waals surface area contributed by atoms with E-state index in [1.165, 1.54) is 31.2 Å². The minimum absolute atomic E-state index is 0.0431. The Morgan fingerprint density at radius 2 is 1.83 bits per heavy atom. The van der Waals surface area contributed by atoms with Gasteiger partial charge in [-0.25, -0.2) is 4.79 Å². The number of carboxylic acid groups (broad SMARTS) is 1. The molecule has 18 heavy (non-hydrogen) atoms. The zero-order chi connectivity index (χ0) is 13.8. The van der Waals surface area contributed by atoms with E-state index in [1.807, 2.05) is 5.32 Å². The Balaban J connectivity index is 2.79. The normalized spacial score (nSPS) is 13.4. The van der Waals surface area contributed by atoms with E-state index in [1.54, 1.807) is 0 Å². The summed E-state index contributed by atoms with van der Waals surface area (Å²) in [6.45, 7) is 0.583. The van der Waals surface area contributed by atoms with E-state index < -0.39 is 24.1 Å². The van der Waals surface area contributed by atoms with E-state index >= 15 is 0 Å².